The minimum atomic E-state index is -1.50. The minimum Gasteiger partial charge on any atom is -0.397 e. The summed E-state index contributed by atoms with van der Waals surface area (Å²) in [5.41, 5.74) is 1.96. The van der Waals surface area contributed by atoms with Crippen LogP contribution >= 0.6 is 0 Å². The van der Waals surface area contributed by atoms with Crippen LogP contribution in [0.5, 0.6) is 5.75 Å². The first-order valence-corrected chi connectivity index (χ1v) is 7.08. The molecule has 19 heavy (non-hydrogen) atoms. The maximum Gasteiger partial charge on any atom is 0.240 e. The van der Waals surface area contributed by atoms with E-state index in [1.54, 1.807) is 12.1 Å². The molecular weight excluding hydrogens is 258 g/mol. The molecule has 0 aliphatic rings. The molecule has 0 amide bonds. The molecule has 0 radical (unpaired) electrons. The van der Waals surface area contributed by atoms with Crippen molar-refractivity contribution < 1.29 is 8.39 Å². The maximum atomic E-state index is 12.3. The van der Waals surface area contributed by atoms with Crippen LogP contribution in [0.2, 0.25) is 0 Å². The van der Waals surface area contributed by atoms with E-state index in [0.717, 1.165) is 11.3 Å². The zero-order valence-electron chi connectivity index (χ0n) is 11.3. The number of rotatable bonds is 4. The van der Waals surface area contributed by atoms with Gasteiger partial charge in [0.2, 0.25) is 11.1 Å². The first kappa shape index (κ1) is 13.6. The molecule has 0 saturated carbocycles. The van der Waals surface area contributed by atoms with Crippen LogP contribution in [0.25, 0.3) is 0 Å². The Labute approximate surface area is 116 Å². The molecule has 0 saturated heterocycles. The van der Waals surface area contributed by atoms with Gasteiger partial charge in [0, 0.05) is 19.8 Å². The largest absolute Gasteiger partial charge is 0.397 e. The lowest BCUT2D eigenvalue weighted by molar-refractivity contribution is 0.561. The predicted molar refractivity (Wildman–Crippen MR) is 79.0 cm³/mol. The molecule has 4 heteroatoms. The Morgan fingerprint density at radius 3 is 2.37 bits per heavy atom. The Kier molecular flexibility index (Phi) is 4.22. The smallest absolute Gasteiger partial charge is 0.240 e. The molecule has 0 fully saturated rings. The zero-order valence-corrected chi connectivity index (χ0v) is 12.1. The quantitative estimate of drug-likeness (QED) is 0.858. The topological polar surface area (TPSA) is 29.5 Å². The number of nitrogens with zero attached hydrogens (tertiary/aromatic N) is 1. The molecule has 2 aromatic rings. The van der Waals surface area contributed by atoms with Gasteiger partial charge in [0.25, 0.3) is 0 Å². The van der Waals surface area contributed by atoms with E-state index in [1.165, 1.54) is 0 Å². The number of benzene rings is 2. The second kappa shape index (κ2) is 5.89. The van der Waals surface area contributed by atoms with Crippen molar-refractivity contribution in [2.45, 2.75) is 11.8 Å². The molecule has 3 nitrogen and oxygen atoms in total. The summed E-state index contributed by atoms with van der Waals surface area (Å²) >= 11 is -1.50. The SMILES string of the molecule is Cc1ccc(N(C)C)cc1S(=O)Oc1ccccc1. The predicted octanol–water partition coefficient (Wildman–Crippen LogP) is 3.16. The molecule has 1 atom stereocenters. The average molecular weight is 275 g/mol. The molecule has 0 aromatic heterocycles. The van der Waals surface area contributed by atoms with Gasteiger partial charge in [-0.25, -0.2) is 4.21 Å². The Morgan fingerprint density at radius 2 is 1.74 bits per heavy atom. The summed E-state index contributed by atoms with van der Waals surface area (Å²) < 4.78 is 17.7. The average Bonchev–Trinajstić information content (AvgIpc) is 2.40. The summed E-state index contributed by atoms with van der Waals surface area (Å²) in [5, 5.41) is 0. The Bertz CT molecular complexity index is 582. The third-order valence-corrected chi connectivity index (χ3v) is 3.93. The first-order valence-electron chi connectivity index (χ1n) is 6.01. The van der Waals surface area contributed by atoms with Crippen LogP contribution in [0.1, 0.15) is 5.56 Å². The fourth-order valence-corrected chi connectivity index (χ4v) is 2.58. The van der Waals surface area contributed by atoms with Gasteiger partial charge in [-0.2, -0.15) is 0 Å². The lowest BCUT2D eigenvalue weighted by atomic mass is 10.2. The monoisotopic (exact) mass is 275 g/mol. The number of aryl methyl sites for hydroxylation is 1. The summed E-state index contributed by atoms with van der Waals surface area (Å²) in [6.45, 7) is 1.93. The van der Waals surface area contributed by atoms with Gasteiger partial charge in [-0.05, 0) is 36.8 Å². The van der Waals surface area contributed by atoms with Crippen LogP contribution in [0.3, 0.4) is 0 Å². The van der Waals surface area contributed by atoms with Crippen molar-refractivity contribution in [2.24, 2.45) is 0 Å². The van der Waals surface area contributed by atoms with E-state index in [2.05, 4.69) is 0 Å². The van der Waals surface area contributed by atoms with Crippen LogP contribution in [-0.2, 0) is 11.1 Å². The second-order valence-electron chi connectivity index (χ2n) is 4.48. The lowest BCUT2D eigenvalue weighted by Gasteiger charge is -2.15. The zero-order chi connectivity index (χ0) is 13.8. The number of hydrogen-bond donors (Lipinski definition) is 0. The van der Waals surface area contributed by atoms with E-state index in [4.69, 9.17) is 4.18 Å². The molecule has 0 aliphatic heterocycles. The van der Waals surface area contributed by atoms with Gasteiger partial charge >= 0.3 is 0 Å². The minimum absolute atomic E-state index is 0.607. The first-order chi connectivity index (χ1) is 9.08. The highest BCUT2D eigenvalue weighted by atomic mass is 32.2. The molecule has 1 unspecified atom stereocenters. The van der Waals surface area contributed by atoms with Gasteiger partial charge in [0.05, 0.1) is 4.90 Å². The van der Waals surface area contributed by atoms with Gasteiger partial charge in [-0.15, -0.1) is 0 Å². The van der Waals surface area contributed by atoms with Gasteiger partial charge in [0.1, 0.15) is 5.75 Å². The Balaban J connectivity index is 2.26. The van der Waals surface area contributed by atoms with Crippen molar-refractivity contribution >= 4 is 16.8 Å². The molecule has 2 aromatic carbocycles. The summed E-state index contributed by atoms with van der Waals surface area (Å²) in [4.78, 5) is 2.68. The molecule has 100 valence electrons. The van der Waals surface area contributed by atoms with Crippen molar-refractivity contribution in [3.63, 3.8) is 0 Å². The van der Waals surface area contributed by atoms with E-state index < -0.39 is 11.1 Å². The molecule has 0 bridgehead atoms. The summed E-state index contributed by atoms with van der Waals surface area (Å²) in [6.07, 6.45) is 0. The molecule has 0 N–H and O–H groups in total. The fourth-order valence-electron chi connectivity index (χ4n) is 1.65. The summed E-state index contributed by atoms with van der Waals surface area (Å²) in [6, 6.07) is 15.1. The van der Waals surface area contributed by atoms with Crippen LogP contribution in [0.15, 0.2) is 53.4 Å². The second-order valence-corrected chi connectivity index (χ2v) is 5.55. The van der Waals surface area contributed by atoms with Gasteiger partial charge in [-0.1, -0.05) is 24.3 Å². The van der Waals surface area contributed by atoms with Crippen LogP contribution in [-0.4, -0.2) is 18.3 Å². The highest BCUT2D eigenvalue weighted by Crippen LogP contribution is 2.22. The van der Waals surface area contributed by atoms with Crippen molar-refractivity contribution in [3.8, 4) is 5.75 Å². The van der Waals surface area contributed by atoms with Crippen LogP contribution in [0.4, 0.5) is 5.69 Å². The third kappa shape index (κ3) is 3.35. The number of para-hydroxylation sites is 1. The normalized spacial score (nSPS) is 11.9. The fraction of sp³-hybridized carbons (Fsp3) is 0.200. The van der Waals surface area contributed by atoms with E-state index >= 15 is 0 Å². The standard InChI is InChI=1S/C15H17NO2S/c1-12-9-10-13(16(2)3)11-15(12)19(17)18-14-7-5-4-6-8-14/h4-11H,1-3H3. The van der Waals surface area contributed by atoms with E-state index in [1.807, 2.05) is 62.3 Å². The van der Waals surface area contributed by atoms with Crippen LogP contribution < -0.4 is 9.08 Å². The molecule has 0 aliphatic carbocycles. The molecular formula is C15H17NO2S. The van der Waals surface area contributed by atoms with E-state index in [9.17, 15) is 4.21 Å². The highest BCUT2D eigenvalue weighted by Gasteiger charge is 2.11. The number of anilines is 1. The Morgan fingerprint density at radius 1 is 1.05 bits per heavy atom. The lowest BCUT2D eigenvalue weighted by Crippen LogP contribution is -2.10. The molecule has 2 rings (SSSR count). The van der Waals surface area contributed by atoms with E-state index in [0.29, 0.717) is 10.6 Å². The highest BCUT2D eigenvalue weighted by molar-refractivity contribution is 7.80. The van der Waals surface area contributed by atoms with Gasteiger partial charge in [-0.3, -0.25) is 0 Å². The van der Waals surface area contributed by atoms with Gasteiger partial charge in [0.15, 0.2) is 0 Å². The summed E-state index contributed by atoms with van der Waals surface area (Å²) in [7, 11) is 3.91. The van der Waals surface area contributed by atoms with Crippen LogP contribution in [0, 0.1) is 6.92 Å². The van der Waals surface area contributed by atoms with Crippen molar-refractivity contribution in [1.82, 2.24) is 0 Å². The van der Waals surface area contributed by atoms with Gasteiger partial charge < -0.3 is 9.08 Å². The van der Waals surface area contributed by atoms with Crippen molar-refractivity contribution in [3.05, 3.63) is 54.1 Å². The van der Waals surface area contributed by atoms with Crippen molar-refractivity contribution in [2.75, 3.05) is 19.0 Å². The Hall–Kier alpha value is -1.81. The number of hydrogen-bond acceptors (Lipinski definition) is 3. The third-order valence-electron chi connectivity index (χ3n) is 2.78. The summed E-state index contributed by atoms with van der Waals surface area (Å²) in [5.74, 6) is 0.607. The van der Waals surface area contributed by atoms with Crippen molar-refractivity contribution in [1.29, 1.82) is 0 Å². The van der Waals surface area contributed by atoms with E-state index in [-0.39, 0.29) is 0 Å². The maximum absolute atomic E-state index is 12.3. The molecule has 0 spiro atoms. The molecule has 0 heterocycles.